The van der Waals surface area contributed by atoms with Crippen molar-refractivity contribution in [2.75, 3.05) is 12.4 Å². The molecule has 1 aromatic heterocycles. The van der Waals surface area contributed by atoms with Gasteiger partial charge in [0.15, 0.2) is 28.4 Å². The third kappa shape index (κ3) is 5.60. The fourth-order valence-electron chi connectivity index (χ4n) is 4.23. The van der Waals surface area contributed by atoms with E-state index < -0.39 is 35.9 Å². The van der Waals surface area contributed by atoms with Gasteiger partial charge in [-0.2, -0.15) is 0 Å². The van der Waals surface area contributed by atoms with Gasteiger partial charge in [0.25, 0.3) is 5.91 Å². The first-order valence-corrected chi connectivity index (χ1v) is 12.9. The van der Waals surface area contributed by atoms with Crippen LogP contribution in [0.2, 0.25) is 0 Å². The molecule has 12 heteroatoms. The summed E-state index contributed by atoms with van der Waals surface area (Å²) in [4.78, 5) is 56.6. The van der Waals surface area contributed by atoms with Crippen molar-refractivity contribution in [3.05, 3.63) is 94.8 Å². The maximum absolute atomic E-state index is 13.5. The van der Waals surface area contributed by atoms with E-state index >= 15 is 0 Å². The summed E-state index contributed by atoms with van der Waals surface area (Å²) in [5.41, 5.74) is 1.71. The Morgan fingerprint density at radius 2 is 2.05 bits per heavy atom. The molecule has 5 rings (SSSR count). The Morgan fingerprint density at radius 1 is 1.23 bits per heavy atom. The predicted octanol–water partition coefficient (Wildman–Crippen LogP) is 3.41. The van der Waals surface area contributed by atoms with Crippen LogP contribution in [0.4, 0.5) is 9.93 Å². The minimum absolute atomic E-state index is 0.0290. The zero-order valence-electron chi connectivity index (χ0n) is 20.8. The second-order valence-corrected chi connectivity index (χ2v) is 9.57. The van der Waals surface area contributed by atoms with Gasteiger partial charge < -0.3 is 24.8 Å². The number of carbonyl (C=O) groups excluding carboxylic acids is 4. The van der Waals surface area contributed by atoms with Crippen molar-refractivity contribution in [2.24, 2.45) is 0 Å². The Bertz CT molecular complexity index is 1430. The molecule has 2 aromatic rings. The van der Waals surface area contributed by atoms with Crippen LogP contribution in [0.25, 0.3) is 0 Å². The van der Waals surface area contributed by atoms with E-state index in [9.17, 15) is 19.2 Å². The molecule has 2 aliphatic heterocycles. The number of hydrogen-bond donors (Lipinski definition) is 2. The molecule has 0 bridgehead atoms. The van der Waals surface area contributed by atoms with Gasteiger partial charge in [-0.25, -0.2) is 19.5 Å². The molecule has 11 nitrogen and oxygen atoms in total. The molecule has 1 unspecified atom stereocenters. The fourth-order valence-corrected chi connectivity index (χ4v) is 4.92. The van der Waals surface area contributed by atoms with Gasteiger partial charge in [-0.05, 0) is 24.0 Å². The van der Waals surface area contributed by atoms with Crippen LogP contribution < -0.4 is 10.6 Å². The molecule has 4 amide bonds. The zero-order chi connectivity index (χ0) is 27.4. The molecule has 3 heterocycles. The maximum Gasteiger partial charge on any atom is 0.357 e. The van der Waals surface area contributed by atoms with E-state index in [1.54, 1.807) is 24.3 Å². The Morgan fingerprint density at radius 3 is 2.74 bits per heavy atom. The highest BCUT2D eigenvalue weighted by Gasteiger charge is 2.47. The largest absolute Gasteiger partial charge is 0.464 e. The SMILES string of the molecule is COC(=O)c1csc(NC(=O)[C@H](Cc2ccccc2)N2C(=O)NC(C3=COC(C4=CC=CCC4)=CO3)C2=O)n1. The van der Waals surface area contributed by atoms with E-state index in [4.69, 9.17) is 9.47 Å². The molecule has 0 radical (unpaired) electrons. The summed E-state index contributed by atoms with van der Waals surface area (Å²) >= 11 is 1.02. The van der Waals surface area contributed by atoms with Crippen LogP contribution in [-0.4, -0.2) is 52.9 Å². The third-order valence-electron chi connectivity index (χ3n) is 6.20. The highest BCUT2D eigenvalue weighted by Crippen LogP contribution is 2.28. The first-order valence-electron chi connectivity index (χ1n) is 12.1. The van der Waals surface area contributed by atoms with Crippen molar-refractivity contribution >= 4 is 40.3 Å². The van der Waals surface area contributed by atoms with E-state index in [-0.39, 0.29) is 23.0 Å². The number of benzene rings is 1. The number of nitrogens with zero attached hydrogens (tertiary/aromatic N) is 2. The van der Waals surface area contributed by atoms with Crippen molar-refractivity contribution < 1.29 is 33.4 Å². The number of anilines is 1. The van der Waals surface area contributed by atoms with E-state index in [1.807, 2.05) is 24.3 Å². The zero-order valence-corrected chi connectivity index (χ0v) is 21.6. The lowest BCUT2D eigenvalue weighted by atomic mass is 10.0. The monoisotopic (exact) mass is 548 g/mol. The standard InChI is InChI=1S/C27H24N4O7S/c1-36-25(34)18-15-39-26(28-18)30-23(32)19(12-16-8-4-2-5-9-16)31-24(33)22(29-27(31)35)21-14-37-20(13-38-21)17-10-6-3-7-11-17/h2-6,8-10,13-15,19,22H,7,11-12H2,1H3,(H,29,35)(H,28,30,32)/t19-,22?/m0/s1. The quantitative estimate of drug-likeness (QED) is 0.378. The molecule has 3 aliphatic rings. The molecule has 1 aromatic carbocycles. The topological polar surface area (TPSA) is 136 Å². The molecule has 200 valence electrons. The van der Waals surface area contributed by atoms with Crippen molar-refractivity contribution in [3.8, 4) is 0 Å². The van der Waals surface area contributed by atoms with Crippen molar-refractivity contribution in [1.29, 1.82) is 0 Å². The average Bonchev–Trinajstić information content (AvgIpc) is 3.56. The molecule has 1 saturated heterocycles. The van der Waals surface area contributed by atoms with E-state index in [1.165, 1.54) is 25.0 Å². The molecule has 2 N–H and O–H groups in total. The molecule has 0 spiro atoms. The number of imide groups is 1. The molecular formula is C27H24N4O7S. The van der Waals surface area contributed by atoms with Crippen molar-refractivity contribution in [3.63, 3.8) is 0 Å². The van der Waals surface area contributed by atoms with Crippen LogP contribution in [-0.2, 0) is 30.2 Å². The van der Waals surface area contributed by atoms with Gasteiger partial charge >= 0.3 is 12.0 Å². The minimum atomic E-state index is -1.22. The van der Waals surface area contributed by atoms with Gasteiger partial charge in [0.2, 0.25) is 5.91 Å². The van der Waals surface area contributed by atoms with Crippen LogP contribution in [0.5, 0.6) is 0 Å². The molecule has 0 saturated carbocycles. The Balaban J connectivity index is 1.35. The van der Waals surface area contributed by atoms with E-state index in [0.29, 0.717) is 5.76 Å². The number of aromatic nitrogens is 1. The molecule has 1 fully saturated rings. The molecule has 39 heavy (non-hydrogen) atoms. The fraction of sp³-hybridized carbons (Fsp3) is 0.222. The summed E-state index contributed by atoms with van der Waals surface area (Å²) < 4.78 is 16.0. The number of amides is 4. The van der Waals surface area contributed by atoms with Crippen molar-refractivity contribution in [1.82, 2.24) is 15.2 Å². The summed E-state index contributed by atoms with van der Waals surface area (Å²) in [6, 6.07) is 5.84. The number of nitrogens with one attached hydrogen (secondary N) is 2. The Hall–Kier alpha value is -4.71. The average molecular weight is 549 g/mol. The van der Waals surface area contributed by atoms with Crippen LogP contribution in [0.1, 0.15) is 28.9 Å². The van der Waals surface area contributed by atoms with Crippen molar-refractivity contribution in [2.45, 2.75) is 31.3 Å². The predicted molar refractivity (Wildman–Crippen MR) is 140 cm³/mol. The number of methoxy groups -OCH3 is 1. The number of urea groups is 1. The van der Waals surface area contributed by atoms with Gasteiger partial charge in [-0.3, -0.25) is 9.59 Å². The second kappa shape index (κ2) is 11.4. The summed E-state index contributed by atoms with van der Waals surface area (Å²) in [6.45, 7) is 0. The van der Waals surface area contributed by atoms with Gasteiger partial charge in [-0.1, -0.05) is 48.6 Å². The number of ether oxygens (including phenoxy) is 3. The number of hydrogen-bond acceptors (Lipinski definition) is 9. The van der Waals surface area contributed by atoms with Gasteiger partial charge in [0, 0.05) is 11.8 Å². The smallest absolute Gasteiger partial charge is 0.357 e. The summed E-state index contributed by atoms with van der Waals surface area (Å²) in [5, 5.41) is 6.76. The number of thiazole rings is 1. The second-order valence-electron chi connectivity index (χ2n) is 8.71. The van der Waals surface area contributed by atoms with Crippen LogP contribution in [0, 0.1) is 0 Å². The highest BCUT2D eigenvalue weighted by atomic mass is 32.1. The number of rotatable bonds is 8. The lowest BCUT2D eigenvalue weighted by molar-refractivity contribution is -0.133. The molecular weight excluding hydrogens is 524 g/mol. The summed E-state index contributed by atoms with van der Waals surface area (Å²) in [6.07, 6.45) is 10.3. The Labute approximate surface area is 227 Å². The van der Waals surface area contributed by atoms with E-state index in [0.717, 1.165) is 40.2 Å². The van der Waals surface area contributed by atoms with Gasteiger partial charge in [0.1, 0.15) is 18.6 Å². The number of allylic oxidation sites excluding steroid dienone is 4. The lowest BCUT2D eigenvalue weighted by Gasteiger charge is -2.24. The number of esters is 1. The van der Waals surface area contributed by atoms with Crippen LogP contribution in [0.15, 0.2) is 83.6 Å². The molecule has 2 atom stereocenters. The molecule has 1 aliphatic carbocycles. The first-order chi connectivity index (χ1) is 18.9. The lowest BCUT2D eigenvalue weighted by Crippen LogP contribution is -2.49. The van der Waals surface area contributed by atoms with Crippen LogP contribution >= 0.6 is 11.3 Å². The van der Waals surface area contributed by atoms with E-state index in [2.05, 4.69) is 20.4 Å². The highest BCUT2D eigenvalue weighted by molar-refractivity contribution is 7.14. The summed E-state index contributed by atoms with van der Waals surface area (Å²) in [5.74, 6) is -1.36. The number of carbonyl (C=O) groups is 4. The normalized spacial score (nSPS) is 19.2. The Kier molecular flexibility index (Phi) is 7.55. The first kappa shape index (κ1) is 25.9. The van der Waals surface area contributed by atoms with Gasteiger partial charge in [0.05, 0.1) is 7.11 Å². The third-order valence-corrected chi connectivity index (χ3v) is 6.96. The van der Waals surface area contributed by atoms with Gasteiger partial charge in [-0.15, -0.1) is 11.3 Å². The summed E-state index contributed by atoms with van der Waals surface area (Å²) in [7, 11) is 1.22. The van der Waals surface area contributed by atoms with Crippen LogP contribution in [0.3, 0.4) is 0 Å². The maximum atomic E-state index is 13.5. The minimum Gasteiger partial charge on any atom is -0.464 e.